The number of ether oxygens (including phenoxy) is 3. The number of carboxylic acid groups (broad SMARTS) is 1. The maximum absolute atomic E-state index is 12.9. The van der Waals surface area contributed by atoms with Crippen molar-refractivity contribution in [2.24, 2.45) is 11.8 Å². The summed E-state index contributed by atoms with van der Waals surface area (Å²) in [6.45, 7) is 4.97. The summed E-state index contributed by atoms with van der Waals surface area (Å²) in [6, 6.07) is 4.92. The van der Waals surface area contributed by atoms with E-state index in [1.807, 2.05) is 11.8 Å². The zero-order valence-electron chi connectivity index (χ0n) is 15.7. The van der Waals surface area contributed by atoms with E-state index in [-0.39, 0.29) is 5.91 Å². The molecule has 0 aromatic heterocycles. The summed E-state index contributed by atoms with van der Waals surface area (Å²) in [7, 11) is 0. The number of nitrogens with zero attached hydrogens (tertiary/aromatic N) is 1. The van der Waals surface area contributed by atoms with Crippen LogP contribution in [-0.4, -0.2) is 61.4 Å². The van der Waals surface area contributed by atoms with E-state index in [2.05, 4.69) is 0 Å². The Labute approximate surface area is 159 Å². The van der Waals surface area contributed by atoms with Gasteiger partial charge in [-0.05, 0) is 56.2 Å². The summed E-state index contributed by atoms with van der Waals surface area (Å²) in [5.41, 5.74) is 0.536. The SMILES string of the molecule is CCOc1cc(C(=O)N2CCC(C3CCOCC3)C2)ccc1OCC(=O)O. The standard InChI is InChI=1S/C20H27NO6/c1-2-26-18-11-15(3-4-17(18)27-13-19(22)23)20(24)21-8-5-16(12-21)14-6-9-25-10-7-14/h3-4,11,14,16H,2,5-10,12-13H2,1H3,(H,22,23). The van der Waals surface area contributed by atoms with E-state index in [1.165, 1.54) is 0 Å². The monoisotopic (exact) mass is 377 g/mol. The molecule has 0 bridgehead atoms. The zero-order valence-corrected chi connectivity index (χ0v) is 15.7. The van der Waals surface area contributed by atoms with Gasteiger partial charge in [-0.1, -0.05) is 0 Å². The van der Waals surface area contributed by atoms with Gasteiger partial charge in [0.2, 0.25) is 0 Å². The Hall–Kier alpha value is -2.28. The first kappa shape index (κ1) is 19.5. The van der Waals surface area contributed by atoms with Gasteiger partial charge < -0.3 is 24.2 Å². The number of carbonyl (C=O) groups excluding carboxylic acids is 1. The predicted octanol–water partition coefficient (Wildman–Crippen LogP) is 2.44. The lowest BCUT2D eigenvalue weighted by Crippen LogP contribution is -2.31. The van der Waals surface area contributed by atoms with Gasteiger partial charge in [0, 0.05) is 31.9 Å². The number of hydrogen-bond donors (Lipinski definition) is 1. The van der Waals surface area contributed by atoms with Crippen LogP contribution < -0.4 is 9.47 Å². The van der Waals surface area contributed by atoms with Crippen LogP contribution in [-0.2, 0) is 9.53 Å². The molecule has 1 atom stereocenters. The number of likely N-dealkylation sites (tertiary alicyclic amines) is 1. The van der Waals surface area contributed by atoms with Crippen LogP contribution in [0.5, 0.6) is 11.5 Å². The minimum absolute atomic E-state index is 0.0182. The van der Waals surface area contributed by atoms with E-state index in [9.17, 15) is 9.59 Å². The van der Waals surface area contributed by atoms with Gasteiger partial charge in [0.05, 0.1) is 6.61 Å². The van der Waals surface area contributed by atoms with Crippen molar-refractivity contribution in [2.75, 3.05) is 39.5 Å². The number of aliphatic carboxylic acids is 1. The molecule has 2 aliphatic rings. The van der Waals surface area contributed by atoms with Gasteiger partial charge in [0.15, 0.2) is 18.1 Å². The van der Waals surface area contributed by atoms with Gasteiger partial charge in [-0.25, -0.2) is 4.79 Å². The number of hydrogen-bond acceptors (Lipinski definition) is 5. The quantitative estimate of drug-likeness (QED) is 0.786. The number of amides is 1. The molecular formula is C20H27NO6. The van der Waals surface area contributed by atoms with Crippen LogP contribution in [0.25, 0.3) is 0 Å². The molecule has 2 heterocycles. The van der Waals surface area contributed by atoms with Crippen molar-refractivity contribution >= 4 is 11.9 Å². The van der Waals surface area contributed by atoms with E-state index in [0.717, 1.165) is 45.6 Å². The molecule has 1 amide bonds. The predicted molar refractivity (Wildman–Crippen MR) is 98.3 cm³/mol. The topological polar surface area (TPSA) is 85.3 Å². The molecule has 0 saturated carbocycles. The van der Waals surface area contributed by atoms with Crippen LogP contribution in [0.1, 0.15) is 36.5 Å². The molecule has 2 aliphatic heterocycles. The summed E-state index contributed by atoms with van der Waals surface area (Å²) in [4.78, 5) is 25.5. The van der Waals surface area contributed by atoms with Crippen LogP contribution in [0.4, 0.5) is 0 Å². The Morgan fingerprint density at radius 2 is 1.93 bits per heavy atom. The minimum Gasteiger partial charge on any atom is -0.490 e. The lowest BCUT2D eigenvalue weighted by atomic mass is 9.85. The highest BCUT2D eigenvalue weighted by atomic mass is 16.5. The van der Waals surface area contributed by atoms with Crippen molar-refractivity contribution in [1.82, 2.24) is 4.90 Å². The third kappa shape index (κ3) is 4.91. The molecule has 0 spiro atoms. The largest absolute Gasteiger partial charge is 0.490 e. The molecule has 2 fully saturated rings. The molecule has 1 aromatic carbocycles. The maximum atomic E-state index is 12.9. The van der Waals surface area contributed by atoms with Crippen LogP contribution >= 0.6 is 0 Å². The zero-order chi connectivity index (χ0) is 19.2. The van der Waals surface area contributed by atoms with Crippen LogP contribution in [0.2, 0.25) is 0 Å². The van der Waals surface area contributed by atoms with E-state index >= 15 is 0 Å². The van der Waals surface area contributed by atoms with Gasteiger partial charge in [0.1, 0.15) is 0 Å². The van der Waals surface area contributed by atoms with Crippen LogP contribution in [0.3, 0.4) is 0 Å². The first-order valence-electron chi connectivity index (χ1n) is 9.57. The van der Waals surface area contributed by atoms with Crippen molar-refractivity contribution in [1.29, 1.82) is 0 Å². The summed E-state index contributed by atoms with van der Waals surface area (Å²) >= 11 is 0. The van der Waals surface area contributed by atoms with Crippen molar-refractivity contribution in [3.8, 4) is 11.5 Å². The number of benzene rings is 1. The second kappa shape index (κ2) is 9.08. The Balaban J connectivity index is 1.67. The van der Waals surface area contributed by atoms with Gasteiger partial charge in [-0.15, -0.1) is 0 Å². The molecule has 1 unspecified atom stereocenters. The average Bonchev–Trinajstić information content (AvgIpc) is 3.17. The fourth-order valence-corrected chi connectivity index (χ4v) is 3.89. The second-order valence-corrected chi connectivity index (χ2v) is 7.03. The van der Waals surface area contributed by atoms with Crippen molar-refractivity contribution in [3.63, 3.8) is 0 Å². The lowest BCUT2D eigenvalue weighted by Gasteiger charge is -2.27. The molecule has 1 aromatic rings. The Kier molecular flexibility index (Phi) is 6.55. The first-order chi connectivity index (χ1) is 13.1. The van der Waals surface area contributed by atoms with Gasteiger partial charge in [-0.3, -0.25) is 4.79 Å². The highest BCUT2D eigenvalue weighted by Crippen LogP contribution is 2.33. The highest BCUT2D eigenvalue weighted by Gasteiger charge is 2.33. The van der Waals surface area contributed by atoms with E-state index in [1.54, 1.807) is 18.2 Å². The summed E-state index contributed by atoms with van der Waals surface area (Å²) in [5.74, 6) is 0.830. The normalized spacial score (nSPS) is 20.5. The van der Waals surface area contributed by atoms with Gasteiger partial charge >= 0.3 is 5.97 Å². The van der Waals surface area contributed by atoms with E-state index in [4.69, 9.17) is 19.3 Å². The molecule has 148 valence electrons. The van der Waals surface area contributed by atoms with Gasteiger partial charge in [0.25, 0.3) is 5.91 Å². The van der Waals surface area contributed by atoms with Crippen LogP contribution in [0.15, 0.2) is 18.2 Å². The third-order valence-electron chi connectivity index (χ3n) is 5.29. The molecule has 27 heavy (non-hydrogen) atoms. The maximum Gasteiger partial charge on any atom is 0.341 e. The van der Waals surface area contributed by atoms with Crippen molar-refractivity contribution in [2.45, 2.75) is 26.2 Å². The van der Waals surface area contributed by atoms with Crippen molar-refractivity contribution < 1.29 is 28.9 Å². The number of carbonyl (C=O) groups is 2. The third-order valence-corrected chi connectivity index (χ3v) is 5.29. The lowest BCUT2D eigenvalue weighted by molar-refractivity contribution is -0.139. The number of carboxylic acids is 1. The molecule has 3 rings (SSSR count). The fraction of sp³-hybridized carbons (Fsp3) is 0.600. The van der Waals surface area contributed by atoms with Gasteiger partial charge in [-0.2, -0.15) is 0 Å². The Morgan fingerprint density at radius 1 is 1.15 bits per heavy atom. The molecule has 7 heteroatoms. The smallest absolute Gasteiger partial charge is 0.341 e. The Morgan fingerprint density at radius 3 is 2.63 bits per heavy atom. The highest BCUT2D eigenvalue weighted by molar-refractivity contribution is 5.95. The molecule has 7 nitrogen and oxygen atoms in total. The molecular weight excluding hydrogens is 350 g/mol. The molecule has 2 saturated heterocycles. The summed E-state index contributed by atoms with van der Waals surface area (Å²) < 4.78 is 16.2. The average molecular weight is 377 g/mol. The second-order valence-electron chi connectivity index (χ2n) is 7.03. The summed E-state index contributed by atoms with van der Waals surface area (Å²) in [5, 5.41) is 8.78. The fourth-order valence-electron chi connectivity index (χ4n) is 3.89. The number of rotatable bonds is 7. The van der Waals surface area contributed by atoms with Crippen LogP contribution in [0, 0.1) is 11.8 Å². The molecule has 0 aliphatic carbocycles. The summed E-state index contributed by atoms with van der Waals surface area (Å²) in [6.07, 6.45) is 3.20. The first-order valence-corrected chi connectivity index (χ1v) is 9.57. The van der Waals surface area contributed by atoms with E-state index < -0.39 is 12.6 Å². The molecule has 0 radical (unpaired) electrons. The minimum atomic E-state index is -1.06. The van der Waals surface area contributed by atoms with E-state index in [0.29, 0.717) is 35.5 Å². The Bertz CT molecular complexity index is 670. The van der Waals surface area contributed by atoms with Crippen molar-refractivity contribution in [3.05, 3.63) is 23.8 Å². The molecule has 1 N–H and O–H groups in total.